The molecule has 0 aliphatic heterocycles. The van der Waals surface area contributed by atoms with Crippen molar-refractivity contribution in [2.45, 2.75) is 52.4 Å². The second-order valence-electron chi connectivity index (χ2n) is 6.35. The summed E-state index contributed by atoms with van der Waals surface area (Å²) in [6, 6.07) is 0. The minimum absolute atomic E-state index is 0.409. The van der Waals surface area contributed by atoms with Gasteiger partial charge in [-0.3, -0.25) is 0 Å². The van der Waals surface area contributed by atoms with Crippen LogP contribution in [0.3, 0.4) is 0 Å². The van der Waals surface area contributed by atoms with Crippen LogP contribution in [-0.2, 0) is 0 Å². The molecule has 0 aromatic carbocycles. The molecule has 1 N–H and O–H groups in total. The molecule has 0 saturated heterocycles. The van der Waals surface area contributed by atoms with Gasteiger partial charge in [0.1, 0.15) is 0 Å². The predicted molar refractivity (Wildman–Crippen MR) is 63.6 cm³/mol. The molecule has 2 bridgehead atoms. The molecule has 2 fully saturated rings. The van der Waals surface area contributed by atoms with Crippen molar-refractivity contribution in [3.05, 3.63) is 0 Å². The van der Waals surface area contributed by atoms with Gasteiger partial charge in [-0.25, -0.2) is 0 Å². The fourth-order valence-electron chi connectivity index (χ4n) is 4.01. The maximum atomic E-state index is 9.41. The number of hydrogen-bond acceptors (Lipinski definition) is 1. The molecule has 1 nitrogen and oxygen atoms in total. The fraction of sp³-hybridized carbons (Fsp3) is 1.00. The monoisotopic (exact) mass is 210 g/mol. The van der Waals surface area contributed by atoms with E-state index in [1.807, 2.05) is 0 Å². The predicted octanol–water partition coefficient (Wildman–Crippen LogP) is 3.47. The van der Waals surface area contributed by atoms with Crippen LogP contribution in [0.1, 0.15) is 52.4 Å². The smallest absolute Gasteiger partial charge is 0.0459 e. The lowest BCUT2D eigenvalue weighted by atomic mass is 9.80. The van der Waals surface area contributed by atoms with Gasteiger partial charge in [-0.1, -0.05) is 20.3 Å². The van der Waals surface area contributed by atoms with Gasteiger partial charge in [-0.15, -0.1) is 0 Å². The van der Waals surface area contributed by atoms with Crippen molar-refractivity contribution in [3.63, 3.8) is 0 Å². The van der Waals surface area contributed by atoms with E-state index in [1.165, 1.54) is 38.5 Å². The first-order valence-corrected chi connectivity index (χ1v) is 6.79. The van der Waals surface area contributed by atoms with Gasteiger partial charge < -0.3 is 5.11 Å². The van der Waals surface area contributed by atoms with E-state index in [-0.39, 0.29) is 0 Å². The lowest BCUT2D eigenvalue weighted by Gasteiger charge is -2.26. The molecule has 2 aliphatic rings. The number of aliphatic hydroxyl groups is 1. The third-order valence-corrected chi connectivity index (χ3v) is 4.58. The maximum Gasteiger partial charge on any atom is 0.0459 e. The highest BCUT2D eigenvalue weighted by Gasteiger charge is 2.39. The summed E-state index contributed by atoms with van der Waals surface area (Å²) >= 11 is 0. The molecular formula is C14H26O. The minimum Gasteiger partial charge on any atom is -0.396 e. The Morgan fingerprint density at radius 1 is 1.20 bits per heavy atom. The second kappa shape index (κ2) is 4.86. The lowest BCUT2D eigenvalue weighted by molar-refractivity contribution is 0.161. The average molecular weight is 210 g/mol. The molecule has 0 amide bonds. The van der Waals surface area contributed by atoms with Crippen LogP contribution in [0, 0.1) is 29.6 Å². The Balaban J connectivity index is 1.79. The maximum absolute atomic E-state index is 9.41. The minimum atomic E-state index is 0.409. The van der Waals surface area contributed by atoms with Crippen molar-refractivity contribution in [1.29, 1.82) is 0 Å². The van der Waals surface area contributed by atoms with Crippen LogP contribution in [0.2, 0.25) is 0 Å². The Hall–Kier alpha value is -0.0400. The molecule has 0 spiro atoms. The van der Waals surface area contributed by atoms with E-state index in [0.29, 0.717) is 12.5 Å². The largest absolute Gasteiger partial charge is 0.396 e. The van der Waals surface area contributed by atoms with Gasteiger partial charge in [0.05, 0.1) is 0 Å². The molecule has 2 aliphatic carbocycles. The molecule has 4 unspecified atom stereocenters. The van der Waals surface area contributed by atoms with Gasteiger partial charge in [0.25, 0.3) is 0 Å². The summed E-state index contributed by atoms with van der Waals surface area (Å²) < 4.78 is 0. The normalized spacial score (nSPS) is 36.4. The third kappa shape index (κ3) is 2.75. The summed E-state index contributed by atoms with van der Waals surface area (Å²) in [5.74, 6) is 4.35. The summed E-state index contributed by atoms with van der Waals surface area (Å²) in [7, 11) is 0. The molecule has 2 rings (SSSR count). The van der Waals surface area contributed by atoms with Crippen LogP contribution in [0.15, 0.2) is 0 Å². The highest BCUT2D eigenvalue weighted by molar-refractivity contribution is 4.90. The highest BCUT2D eigenvalue weighted by Crippen LogP contribution is 2.50. The SMILES string of the molecule is CC(C)CC(CO)CC1CC2CCC1C2. The van der Waals surface area contributed by atoms with Crippen LogP contribution < -0.4 is 0 Å². The zero-order valence-corrected chi connectivity index (χ0v) is 10.3. The van der Waals surface area contributed by atoms with Crippen LogP contribution in [-0.4, -0.2) is 11.7 Å². The molecule has 0 radical (unpaired) electrons. The summed E-state index contributed by atoms with van der Waals surface area (Å²) in [6.45, 7) is 4.94. The molecule has 4 atom stereocenters. The number of rotatable bonds is 5. The first-order valence-electron chi connectivity index (χ1n) is 6.79. The average Bonchev–Trinajstić information content (AvgIpc) is 2.77. The third-order valence-electron chi connectivity index (χ3n) is 4.58. The van der Waals surface area contributed by atoms with Crippen molar-refractivity contribution in [2.75, 3.05) is 6.61 Å². The summed E-state index contributed by atoms with van der Waals surface area (Å²) in [4.78, 5) is 0. The van der Waals surface area contributed by atoms with Gasteiger partial charge in [-0.2, -0.15) is 0 Å². The lowest BCUT2D eigenvalue weighted by Crippen LogP contribution is -2.18. The van der Waals surface area contributed by atoms with E-state index in [2.05, 4.69) is 13.8 Å². The Bertz CT molecular complexity index is 200. The van der Waals surface area contributed by atoms with Crippen molar-refractivity contribution in [3.8, 4) is 0 Å². The van der Waals surface area contributed by atoms with Gasteiger partial charge in [0, 0.05) is 6.61 Å². The van der Waals surface area contributed by atoms with E-state index in [9.17, 15) is 5.11 Å². The zero-order chi connectivity index (χ0) is 10.8. The van der Waals surface area contributed by atoms with Crippen LogP contribution in [0.25, 0.3) is 0 Å². The quantitative estimate of drug-likeness (QED) is 0.736. The van der Waals surface area contributed by atoms with E-state index in [4.69, 9.17) is 0 Å². The molecule has 1 heteroatoms. The van der Waals surface area contributed by atoms with Crippen molar-refractivity contribution in [1.82, 2.24) is 0 Å². The van der Waals surface area contributed by atoms with E-state index in [1.54, 1.807) is 0 Å². The van der Waals surface area contributed by atoms with Gasteiger partial charge in [-0.05, 0) is 61.7 Å². The molecular weight excluding hydrogens is 184 g/mol. The second-order valence-corrected chi connectivity index (χ2v) is 6.35. The topological polar surface area (TPSA) is 20.2 Å². The van der Waals surface area contributed by atoms with Gasteiger partial charge in [0.2, 0.25) is 0 Å². The van der Waals surface area contributed by atoms with Crippen LogP contribution in [0.4, 0.5) is 0 Å². The van der Waals surface area contributed by atoms with Crippen molar-refractivity contribution < 1.29 is 5.11 Å². The molecule has 2 saturated carbocycles. The first kappa shape index (κ1) is 11.4. The number of aliphatic hydroxyl groups excluding tert-OH is 1. The fourth-order valence-corrected chi connectivity index (χ4v) is 4.01. The van der Waals surface area contributed by atoms with E-state index < -0.39 is 0 Å². The molecule has 88 valence electrons. The summed E-state index contributed by atoms with van der Waals surface area (Å²) in [6.07, 6.45) is 8.47. The van der Waals surface area contributed by atoms with Gasteiger partial charge in [0.15, 0.2) is 0 Å². The molecule has 15 heavy (non-hydrogen) atoms. The summed E-state index contributed by atoms with van der Waals surface area (Å²) in [5.41, 5.74) is 0. The van der Waals surface area contributed by atoms with E-state index >= 15 is 0 Å². The Morgan fingerprint density at radius 3 is 2.47 bits per heavy atom. The Morgan fingerprint density at radius 2 is 2.00 bits per heavy atom. The zero-order valence-electron chi connectivity index (χ0n) is 10.3. The van der Waals surface area contributed by atoms with Crippen molar-refractivity contribution in [2.24, 2.45) is 29.6 Å². The number of fused-ring (bicyclic) bond motifs is 2. The Kier molecular flexibility index (Phi) is 3.71. The molecule has 0 aromatic heterocycles. The van der Waals surface area contributed by atoms with Crippen LogP contribution >= 0.6 is 0 Å². The molecule has 0 heterocycles. The number of hydrogen-bond donors (Lipinski definition) is 1. The van der Waals surface area contributed by atoms with Gasteiger partial charge >= 0.3 is 0 Å². The standard InChI is InChI=1S/C14H26O/c1-10(2)5-12(9-15)8-14-7-11-3-4-13(14)6-11/h10-15H,3-9H2,1-2H3. The summed E-state index contributed by atoms with van der Waals surface area (Å²) in [5, 5.41) is 9.41. The molecule has 0 aromatic rings. The van der Waals surface area contributed by atoms with E-state index in [0.717, 1.165) is 23.7 Å². The van der Waals surface area contributed by atoms with Crippen molar-refractivity contribution >= 4 is 0 Å². The van der Waals surface area contributed by atoms with Crippen LogP contribution in [0.5, 0.6) is 0 Å². The Labute approximate surface area is 94.3 Å². The highest BCUT2D eigenvalue weighted by atomic mass is 16.3. The first-order chi connectivity index (χ1) is 7.19.